The van der Waals surface area contributed by atoms with E-state index in [1.165, 1.54) is 5.69 Å². The highest BCUT2D eigenvalue weighted by Gasteiger charge is 2.21. The molecule has 1 N–H and O–H groups in total. The summed E-state index contributed by atoms with van der Waals surface area (Å²) >= 11 is 0. The van der Waals surface area contributed by atoms with Crippen molar-refractivity contribution in [2.75, 3.05) is 42.5 Å². The highest BCUT2D eigenvalue weighted by molar-refractivity contribution is 5.92. The SMILES string of the molecule is Cc1cc(C(=O)NCCC(C)C)nc(N2CCN(c3ccccc3)CC2)n1. The van der Waals surface area contributed by atoms with Crippen LogP contribution in [0.25, 0.3) is 0 Å². The van der Waals surface area contributed by atoms with Crippen molar-refractivity contribution in [3.05, 3.63) is 47.8 Å². The van der Waals surface area contributed by atoms with Crippen molar-refractivity contribution in [1.29, 1.82) is 0 Å². The Hall–Kier alpha value is -2.63. The number of para-hydroxylation sites is 1. The minimum absolute atomic E-state index is 0.120. The van der Waals surface area contributed by atoms with E-state index >= 15 is 0 Å². The van der Waals surface area contributed by atoms with Gasteiger partial charge in [0, 0.05) is 44.1 Å². The monoisotopic (exact) mass is 367 g/mol. The number of amides is 1. The molecule has 0 aliphatic carbocycles. The second kappa shape index (κ2) is 8.84. The molecule has 1 aromatic heterocycles. The highest BCUT2D eigenvalue weighted by atomic mass is 16.1. The van der Waals surface area contributed by atoms with Gasteiger partial charge >= 0.3 is 0 Å². The van der Waals surface area contributed by atoms with E-state index in [1.807, 2.05) is 13.0 Å². The van der Waals surface area contributed by atoms with Gasteiger partial charge in [-0.3, -0.25) is 4.79 Å². The van der Waals surface area contributed by atoms with E-state index in [0.717, 1.165) is 38.3 Å². The summed E-state index contributed by atoms with van der Waals surface area (Å²) in [7, 11) is 0. The predicted molar refractivity (Wildman–Crippen MR) is 109 cm³/mol. The summed E-state index contributed by atoms with van der Waals surface area (Å²) < 4.78 is 0. The third-order valence-electron chi connectivity index (χ3n) is 4.77. The molecule has 27 heavy (non-hydrogen) atoms. The molecule has 1 aromatic carbocycles. The van der Waals surface area contributed by atoms with Gasteiger partial charge in [0.05, 0.1) is 0 Å². The molecule has 1 aliphatic rings. The van der Waals surface area contributed by atoms with Crippen molar-refractivity contribution in [1.82, 2.24) is 15.3 Å². The predicted octanol–water partition coefficient (Wildman–Crippen LogP) is 2.89. The highest BCUT2D eigenvalue weighted by Crippen LogP contribution is 2.18. The van der Waals surface area contributed by atoms with Crippen molar-refractivity contribution in [3.8, 4) is 0 Å². The van der Waals surface area contributed by atoms with Gasteiger partial charge in [0.15, 0.2) is 0 Å². The topological polar surface area (TPSA) is 61.4 Å². The summed E-state index contributed by atoms with van der Waals surface area (Å²) in [5, 5.41) is 2.96. The number of nitrogens with one attached hydrogen (secondary N) is 1. The van der Waals surface area contributed by atoms with E-state index in [-0.39, 0.29) is 5.91 Å². The largest absolute Gasteiger partial charge is 0.368 e. The number of benzene rings is 1. The molecule has 1 fully saturated rings. The first kappa shape index (κ1) is 19.1. The molecule has 0 spiro atoms. The molecule has 0 radical (unpaired) electrons. The van der Waals surface area contributed by atoms with Crippen LogP contribution in [0.15, 0.2) is 36.4 Å². The minimum atomic E-state index is -0.120. The molecule has 3 rings (SSSR count). The van der Waals surface area contributed by atoms with Crippen LogP contribution in [0, 0.1) is 12.8 Å². The van der Waals surface area contributed by atoms with E-state index in [2.05, 4.69) is 63.2 Å². The number of rotatable bonds is 6. The summed E-state index contributed by atoms with van der Waals surface area (Å²) in [4.78, 5) is 26.1. The fraction of sp³-hybridized carbons (Fsp3) is 0.476. The van der Waals surface area contributed by atoms with Crippen LogP contribution in [0.1, 0.15) is 36.5 Å². The third-order valence-corrected chi connectivity index (χ3v) is 4.77. The van der Waals surface area contributed by atoms with Crippen LogP contribution in [0.4, 0.5) is 11.6 Å². The van der Waals surface area contributed by atoms with E-state index < -0.39 is 0 Å². The standard InChI is InChI=1S/C21H29N5O/c1-16(2)9-10-22-20(27)19-15-17(3)23-21(24-19)26-13-11-25(12-14-26)18-7-5-4-6-8-18/h4-8,15-16H,9-14H2,1-3H3,(H,22,27). The number of aromatic nitrogens is 2. The lowest BCUT2D eigenvalue weighted by Crippen LogP contribution is -2.47. The molecule has 0 unspecified atom stereocenters. The lowest BCUT2D eigenvalue weighted by atomic mass is 10.1. The molecule has 2 heterocycles. The summed E-state index contributed by atoms with van der Waals surface area (Å²) in [5.41, 5.74) is 2.51. The number of aryl methyl sites for hydroxylation is 1. The van der Waals surface area contributed by atoms with Gasteiger partial charge in [-0.05, 0) is 37.5 Å². The molecular formula is C21H29N5O. The summed E-state index contributed by atoms with van der Waals surface area (Å²) in [6.45, 7) is 10.4. The number of anilines is 2. The normalized spacial score (nSPS) is 14.5. The van der Waals surface area contributed by atoms with Crippen molar-refractivity contribution < 1.29 is 4.79 Å². The van der Waals surface area contributed by atoms with Crippen molar-refractivity contribution in [2.45, 2.75) is 27.2 Å². The van der Waals surface area contributed by atoms with Crippen LogP contribution < -0.4 is 15.1 Å². The first-order chi connectivity index (χ1) is 13.0. The zero-order valence-corrected chi connectivity index (χ0v) is 16.5. The van der Waals surface area contributed by atoms with Crippen molar-refractivity contribution in [3.63, 3.8) is 0 Å². The second-order valence-electron chi connectivity index (χ2n) is 7.44. The van der Waals surface area contributed by atoms with Crippen LogP contribution in [0.2, 0.25) is 0 Å². The van der Waals surface area contributed by atoms with Gasteiger partial charge in [0.1, 0.15) is 5.69 Å². The van der Waals surface area contributed by atoms with Crippen LogP contribution in [-0.2, 0) is 0 Å². The fourth-order valence-electron chi connectivity index (χ4n) is 3.18. The molecule has 6 nitrogen and oxygen atoms in total. The molecule has 0 bridgehead atoms. The fourth-order valence-corrected chi connectivity index (χ4v) is 3.18. The van der Waals surface area contributed by atoms with Crippen LogP contribution >= 0.6 is 0 Å². The summed E-state index contributed by atoms with van der Waals surface area (Å²) in [5.74, 6) is 1.09. The van der Waals surface area contributed by atoms with Crippen LogP contribution in [0.3, 0.4) is 0 Å². The molecule has 1 saturated heterocycles. The third kappa shape index (κ3) is 5.18. The Morgan fingerprint density at radius 1 is 1.07 bits per heavy atom. The van der Waals surface area contributed by atoms with Gasteiger partial charge in [-0.25, -0.2) is 9.97 Å². The maximum atomic E-state index is 12.4. The lowest BCUT2D eigenvalue weighted by Gasteiger charge is -2.36. The molecule has 6 heteroatoms. The average molecular weight is 367 g/mol. The van der Waals surface area contributed by atoms with Crippen molar-refractivity contribution >= 4 is 17.5 Å². The number of carbonyl (C=O) groups excluding carboxylic acids is 1. The van der Waals surface area contributed by atoms with Gasteiger partial charge in [-0.1, -0.05) is 32.0 Å². The number of piperazine rings is 1. The van der Waals surface area contributed by atoms with E-state index in [9.17, 15) is 4.79 Å². The first-order valence-electron chi connectivity index (χ1n) is 9.72. The van der Waals surface area contributed by atoms with Gasteiger partial charge < -0.3 is 15.1 Å². The van der Waals surface area contributed by atoms with Crippen molar-refractivity contribution in [2.24, 2.45) is 5.92 Å². The molecule has 1 aliphatic heterocycles. The average Bonchev–Trinajstić information content (AvgIpc) is 2.68. The van der Waals surface area contributed by atoms with Gasteiger partial charge in [-0.2, -0.15) is 0 Å². The Bertz CT molecular complexity index is 754. The Balaban J connectivity index is 1.63. The summed E-state index contributed by atoms with van der Waals surface area (Å²) in [6.07, 6.45) is 0.962. The number of nitrogens with zero attached hydrogens (tertiary/aromatic N) is 4. The smallest absolute Gasteiger partial charge is 0.270 e. The maximum absolute atomic E-state index is 12.4. The molecule has 1 amide bonds. The quantitative estimate of drug-likeness (QED) is 0.851. The van der Waals surface area contributed by atoms with E-state index in [1.54, 1.807) is 6.07 Å². The zero-order valence-electron chi connectivity index (χ0n) is 16.5. The zero-order chi connectivity index (χ0) is 19.2. The minimum Gasteiger partial charge on any atom is -0.368 e. The van der Waals surface area contributed by atoms with E-state index in [0.29, 0.717) is 24.1 Å². The molecule has 0 saturated carbocycles. The Morgan fingerprint density at radius 3 is 2.41 bits per heavy atom. The molecule has 2 aromatic rings. The molecular weight excluding hydrogens is 338 g/mol. The number of hydrogen-bond acceptors (Lipinski definition) is 5. The Kier molecular flexibility index (Phi) is 6.27. The lowest BCUT2D eigenvalue weighted by molar-refractivity contribution is 0.0947. The maximum Gasteiger partial charge on any atom is 0.270 e. The van der Waals surface area contributed by atoms with Crippen LogP contribution in [0.5, 0.6) is 0 Å². The van der Waals surface area contributed by atoms with Crippen LogP contribution in [-0.4, -0.2) is 48.6 Å². The molecule has 144 valence electrons. The molecule has 0 atom stereocenters. The van der Waals surface area contributed by atoms with Gasteiger partial charge in [0.25, 0.3) is 5.91 Å². The van der Waals surface area contributed by atoms with E-state index in [4.69, 9.17) is 0 Å². The number of carbonyl (C=O) groups is 1. The summed E-state index contributed by atoms with van der Waals surface area (Å²) in [6, 6.07) is 12.2. The number of hydrogen-bond donors (Lipinski definition) is 1. The Morgan fingerprint density at radius 2 is 1.74 bits per heavy atom. The first-order valence-corrected chi connectivity index (χ1v) is 9.72. The Labute approximate surface area is 161 Å². The van der Waals surface area contributed by atoms with Gasteiger partial charge in [0.2, 0.25) is 5.95 Å². The van der Waals surface area contributed by atoms with Gasteiger partial charge in [-0.15, -0.1) is 0 Å². The second-order valence-corrected chi connectivity index (χ2v) is 7.44.